The van der Waals surface area contributed by atoms with E-state index in [2.05, 4.69) is 22.9 Å². The van der Waals surface area contributed by atoms with Crippen LogP contribution in [0.5, 0.6) is 11.5 Å². The van der Waals surface area contributed by atoms with Gasteiger partial charge in [0.15, 0.2) is 0 Å². The molecule has 0 heterocycles. The van der Waals surface area contributed by atoms with Crippen molar-refractivity contribution >= 4 is 15.9 Å². The summed E-state index contributed by atoms with van der Waals surface area (Å²) in [5.74, 6) is 1.93. The quantitative estimate of drug-likeness (QED) is 0.926. The highest BCUT2D eigenvalue weighted by atomic mass is 79.9. The van der Waals surface area contributed by atoms with Crippen LogP contribution in [0.3, 0.4) is 0 Å². The zero-order valence-corrected chi connectivity index (χ0v) is 11.7. The summed E-state index contributed by atoms with van der Waals surface area (Å²) < 4.78 is 11.7. The lowest BCUT2D eigenvalue weighted by molar-refractivity contribution is 0.391. The normalized spacial score (nSPS) is 12.4. The molecule has 0 amide bonds. The van der Waals surface area contributed by atoms with Crippen molar-refractivity contribution in [1.29, 1.82) is 0 Å². The molecule has 0 aliphatic heterocycles. The van der Waals surface area contributed by atoms with Gasteiger partial charge in [0.25, 0.3) is 0 Å². The Bertz CT molecular complexity index is 380. The molecule has 1 aromatic carbocycles. The molecule has 0 aromatic heterocycles. The minimum Gasteiger partial charge on any atom is -0.496 e. The first-order valence-corrected chi connectivity index (χ1v) is 5.97. The second-order valence-electron chi connectivity index (χ2n) is 3.78. The molecule has 0 aliphatic carbocycles. The highest BCUT2D eigenvalue weighted by Gasteiger charge is 2.18. The zero-order chi connectivity index (χ0) is 12.3. The highest BCUT2D eigenvalue weighted by molar-refractivity contribution is 9.10. The van der Waals surface area contributed by atoms with E-state index in [1.165, 1.54) is 0 Å². The molecule has 1 rings (SSSR count). The molecule has 0 fully saturated rings. The van der Waals surface area contributed by atoms with Gasteiger partial charge in [-0.15, -0.1) is 0 Å². The third-order valence-electron chi connectivity index (χ3n) is 2.76. The van der Waals surface area contributed by atoms with Gasteiger partial charge in [0.2, 0.25) is 0 Å². The van der Waals surface area contributed by atoms with E-state index < -0.39 is 0 Å². The molecule has 0 bridgehead atoms. The summed E-state index contributed by atoms with van der Waals surface area (Å²) in [6.07, 6.45) is 0. The van der Waals surface area contributed by atoms with E-state index in [9.17, 15) is 0 Å². The van der Waals surface area contributed by atoms with Crippen LogP contribution in [-0.2, 0) is 0 Å². The van der Waals surface area contributed by atoms with Crippen LogP contribution in [-0.4, -0.2) is 20.8 Å². The largest absolute Gasteiger partial charge is 0.496 e. The van der Waals surface area contributed by atoms with E-state index in [0.29, 0.717) is 6.54 Å². The van der Waals surface area contributed by atoms with E-state index in [-0.39, 0.29) is 5.92 Å². The molecule has 90 valence electrons. The Hall–Kier alpha value is -0.740. The number of ether oxygens (including phenoxy) is 2. The van der Waals surface area contributed by atoms with Crippen molar-refractivity contribution in [2.24, 2.45) is 5.73 Å². The first-order chi connectivity index (χ1) is 7.56. The number of nitrogens with two attached hydrogens (primary N) is 1. The Labute approximate surface area is 105 Å². The smallest absolute Gasteiger partial charge is 0.137 e. The second-order valence-corrected chi connectivity index (χ2v) is 4.57. The summed E-state index contributed by atoms with van der Waals surface area (Å²) in [7, 11) is 3.33. The highest BCUT2D eigenvalue weighted by Crippen LogP contribution is 2.40. The van der Waals surface area contributed by atoms with Gasteiger partial charge in [-0.25, -0.2) is 0 Å². The summed E-state index contributed by atoms with van der Waals surface area (Å²) in [5, 5.41) is 0. The maximum absolute atomic E-state index is 5.70. The third kappa shape index (κ3) is 2.33. The molecule has 3 nitrogen and oxygen atoms in total. The number of halogens is 1. The topological polar surface area (TPSA) is 44.5 Å². The van der Waals surface area contributed by atoms with Gasteiger partial charge in [0.05, 0.1) is 18.7 Å². The van der Waals surface area contributed by atoms with Crippen molar-refractivity contribution in [2.45, 2.75) is 19.8 Å². The third-order valence-corrected chi connectivity index (χ3v) is 3.71. The minimum atomic E-state index is 0.237. The fourth-order valence-electron chi connectivity index (χ4n) is 1.63. The maximum atomic E-state index is 5.70. The second kappa shape index (κ2) is 5.55. The fourth-order valence-corrected chi connectivity index (χ4v) is 2.22. The minimum absolute atomic E-state index is 0.237. The fraction of sp³-hybridized carbons (Fsp3) is 0.500. The van der Waals surface area contributed by atoms with Gasteiger partial charge in [-0.05, 0) is 41.4 Å². The van der Waals surface area contributed by atoms with Gasteiger partial charge in [-0.1, -0.05) is 6.92 Å². The predicted octanol–water partition coefficient (Wildman–Crippen LogP) is 2.84. The molecule has 2 N–H and O–H groups in total. The van der Waals surface area contributed by atoms with E-state index in [1.54, 1.807) is 14.2 Å². The van der Waals surface area contributed by atoms with Gasteiger partial charge in [-0.3, -0.25) is 0 Å². The lowest BCUT2D eigenvalue weighted by Crippen LogP contribution is -2.11. The van der Waals surface area contributed by atoms with Crippen molar-refractivity contribution in [3.8, 4) is 11.5 Å². The molecule has 0 saturated carbocycles. The van der Waals surface area contributed by atoms with Gasteiger partial charge < -0.3 is 15.2 Å². The zero-order valence-electron chi connectivity index (χ0n) is 10.1. The van der Waals surface area contributed by atoms with Crippen molar-refractivity contribution in [1.82, 2.24) is 0 Å². The first-order valence-electron chi connectivity index (χ1n) is 5.17. The number of methoxy groups -OCH3 is 2. The Kier molecular flexibility index (Phi) is 4.62. The van der Waals surface area contributed by atoms with Crippen molar-refractivity contribution in [3.05, 3.63) is 21.7 Å². The van der Waals surface area contributed by atoms with Crippen molar-refractivity contribution in [2.75, 3.05) is 20.8 Å². The van der Waals surface area contributed by atoms with Crippen molar-refractivity contribution in [3.63, 3.8) is 0 Å². The van der Waals surface area contributed by atoms with E-state index >= 15 is 0 Å². The van der Waals surface area contributed by atoms with Crippen LogP contribution < -0.4 is 15.2 Å². The molecule has 0 spiro atoms. The van der Waals surface area contributed by atoms with E-state index in [1.807, 2.05) is 13.0 Å². The van der Waals surface area contributed by atoms with Gasteiger partial charge >= 0.3 is 0 Å². The van der Waals surface area contributed by atoms with Gasteiger partial charge in [0, 0.05) is 11.1 Å². The lowest BCUT2D eigenvalue weighted by atomic mass is 9.98. The van der Waals surface area contributed by atoms with Gasteiger partial charge in [-0.2, -0.15) is 0 Å². The van der Waals surface area contributed by atoms with Crippen LogP contribution in [0.2, 0.25) is 0 Å². The molecule has 4 heteroatoms. The first kappa shape index (κ1) is 13.3. The van der Waals surface area contributed by atoms with Gasteiger partial charge in [0.1, 0.15) is 11.5 Å². The monoisotopic (exact) mass is 287 g/mol. The number of rotatable bonds is 4. The van der Waals surface area contributed by atoms with Crippen LogP contribution >= 0.6 is 15.9 Å². The lowest BCUT2D eigenvalue weighted by Gasteiger charge is -2.19. The molecule has 1 atom stereocenters. The van der Waals surface area contributed by atoms with Crippen LogP contribution in [0.1, 0.15) is 24.0 Å². The summed E-state index contributed by atoms with van der Waals surface area (Å²) in [6.45, 7) is 4.64. The molecule has 0 radical (unpaired) electrons. The number of hydrogen-bond donors (Lipinski definition) is 1. The van der Waals surface area contributed by atoms with Crippen LogP contribution in [0.15, 0.2) is 10.5 Å². The summed E-state index contributed by atoms with van der Waals surface area (Å²) >= 11 is 3.53. The maximum Gasteiger partial charge on any atom is 0.137 e. The molecule has 0 saturated heterocycles. The summed E-state index contributed by atoms with van der Waals surface area (Å²) in [5.41, 5.74) is 7.80. The molecular weight excluding hydrogens is 270 g/mol. The Balaban J connectivity index is 3.40. The molecular formula is C12H18BrNO2. The van der Waals surface area contributed by atoms with E-state index in [4.69, 9.17) is 15.2 Å². The molecule has 0 aliphatic rings. The summed E-state index contributed by atoms with van der Waals surface area (Å²) in [4.78, 5) is 0. The number of benzene rings is 1. The average Bonchev–Trinajstić information content (AvgIpc) is 2.31. The standard InChI is InChI=1S/C12H18BrNO2/c1-7(6-14)9-5-10(15-3)8(2)11(13)12(9)16-4/h5,7H,6,14H2,1-4H3. The molecule has 1 unspecified atom stereocenters. The SMILES string of the molecule is COc1cc(C(C)CN)c(OC)c(Br)c1C. The summed E-state index contributed by atoms with van der Waals surface area (Å²) in [6, 6.07) is 2.00. The Morgan fingerprint density at radius 3 is 2.44 bits per heavy atom. The van der Waals surface area contributed by atoms with E-state index in [0.717, 1.165) is 27.1 Å². The van der Waals surface area contributed by atoms with Crippen LogP contribution in [0, 0.1) is 6.92 Å². The van der Waals surface area contributed by atoms with Crippen molar-refractivity contribution < 1.29 is 9.47 Å². The molecule has 16 heavy (non-hydrogen) atoms. The van der Waals surface area contributed by atoms with Crippen LogP contribution in [0.4, 0.5) is 0 Å². The predicted molar refractivity (Wildman–Crippen MR) is 69.5 cm³/mol. The van der Waals surface area contributed by atoms with Crippen LogP contribution in [0.25, 0.3) is 0 Å². The average molecular weight is 288 g/mol. The Morgan fingerprint density at radius 2 is 2.00 bits per heavy atom. The number of hydrogen-bond acceptors (Lipinski definition) is 3. The molecule has 1 aromatic rings. The Morgan fingerprint density at radius 1 is 1.38 bits per heavy atom.